The van der Waals surface area contributed by atoms with Gasteiger partial charge in [-0.25, -0.2) is 4.79 Å². The lowest BCUT2D eigenvalue weighted by atomic mass is 9.88. The van der Waals surface area contributed by atoms with Gasteiger partial charge in [-0.05, 0) is 84.1 Å². The van der Waals surface area contributed by atoms with Gasteiger partial charge in [-0.2, -0.15) is 0 Å². The van der Waals surface area contributed by atoms with Gasteiger partial charge in [-0.3, -0.25) is 4.79 Å². The molecule has 1 heterocycles. The Balaban J connectivity index is 2.68. The number of allylic oxidation sites excluding steroid dienone is 16. The molecule has 0 spiro atoms. The van der Waals surface area contributed by atoms with E-state index in [0.717, 1.165) is 12.8 Å². The van der Waals surface area contributed by atoms with Crippen molar-refractivity contribution in [3.8, 4) is 0 Å². The first-order valence-corrected chi connectivity index (χ1v) is 30.0. The lowest BCUT2D eigenvalue weighted by Crippen LogP contribution is -2.58. The third-order valence-electron chi connectivity index (χ3n) is 14.4. The Morgan fingerprint density at radius 3 is 1.58 bits per heavy atom. The highest BCUT2D eigenvalue weighted by atomic mass is 16.7. The second kappa shape index (κ2) is 47.4. The fraction of sp³-hybridized carbons (Fsp3) is 0.606. The minimum absolute atomic E-state index is 0.0253. The van der Waals surface area contributed by atoms with Gasteiger partial charge in [0, 0.05) is 43.1 Å². The molecule has 20 atom stereocenters. The molecule has 20 nitrogen and oxygen atoms in total. The topological polar surface area (TPSA) is 371 Å². The van der Waals surface area contributed by atoms with Gasteiger partial charge in [0.25, 0.3) is 0 Å². The highest BCUT2D eigenvalue weighted by Crippen LogP contribution is 2.27. The van der Waals surface area contributed by atoms with E-state index in [1.54, 1.807) is 98.9 Å². The molecule has 86 heavy (non-hydrogen) atoms. The Morgan fingerprint density at radius 1 is 0.523 bits per heavy atom. The van der Waals surface area contributed by atoms with E-state index in [-0.39, 0.29) is 63.7 Å². The average molecular weight is 1220 g/mol. The molecule has 488 valence electrons. The number of rotatable bonds is 45. The zero-order valence-electron chi connectivity index (χ0n) is 50.9. The first kappa shape index (κ1) is 79.4. The third kappa shape index (κ3) is 37.2. The maximum atomic E-state index is 13.6. The molecule has 1 aliphatic rings. The number of ketones is 1. The molecule has 1 saturated heterocycles. The van der Waals surface area contributed by atoms with Crippen LogP contribution in [0.15, 0.2) is 146 Å². The van der Waals surface area contributed by atoms with Crippen molar-refractivity contribution in [2.24, 2.45) is 23.5 Å². The van der Waals surface area contributed by atoms with Crippen LogP contribution in [0.1, 0.15) is 118 Å². The summed E-state index contributed by atoms with van der Waals surface area (Å²) in [7, 11) is 1.32. The number of nitrogens with two attached hydrogens (primary N) is 1. The van der Waals surface area contributed by atoms with Crippen LogP contribution < -0.4 is 5.73 Å². The number of hydrogen-bond donors (Lipinski definition) is 15. The SMILES string of the molecule is COC(=O)/C=C/C=C/C=C/C=C/CC/C=C/C(C)C(O)C(C)C(O)/C=C/C=C/C=C/C=C/C=C/CC(OC1OC(C)C(O)C(O)C1O)C(C)C(=O)CC(O)CC(O)CC(O)/C=C/CC(O)CC(O)CC(O)CC(O)/C=C/CC(O)CC(O)CCCN. The molecule has 0 saturated carbocycles. The molecule has 0 aromatic rings. The standard InChI is InChI=1S/C66H105NO19/c1-45(28-21-17-13-9-6-7-12-16-20-24-36-61(79)84-5)62(80)47(3)58(77)34-22-18-14-10-8-11-15-19-23-35-60(86-66-65(83)64(82)63(81)48(4)85-66)46(2)59(78)44-57(76)43-56(75)41-52(71)32-26-31-51(70)40-55(74)42-54(73)39-50(69)30-25-29-49(68)38-53(72)33-27-37-67/h6-12,14-16,18-26,28,30,32,34,36,45-58,60,62-66,68-77,80-83H,13,17,27,29,31,33,35,37-44,67H2,1-5H3/b9-6+,10-8+,12-7+,15-11+,18-14+,20-16+,23-19+,28-21+,30-25+,32-26+,34-22+,36-24+. The van der Waals surface area contributed by atoms with Gasteiger partial charge in [-0.1, -0.05) is 161 Å². The Morgan fingerprint density at radius 2 is 1.01 bits per heavy atom. The van der Waals surface area contributed by atoms with Crippen LogP contribution in [0.3, 0.4) is 0 Å². The number of aliphatic hydroxyl groups is 14. The summed E-state index contributed by atoms with van der Waals surface area (Å²) in [6.45, 7) is 7.20. The zero-order chi connectivity index (χ0) is 64.4. The van der Waals surface area contributed by atoms with E-state index in [0.29, 0.717) is 19.4 Å². The molecule has 1 aliphatic heterocycles. The van der Waals surface area contributed by atoms with Gasteiger partial charge in [0.05, 0.1) is 86.5 Å². The average Bonchev–Trinajstić information content (AvgIpc) is 3.13. The molecular weight excluding hydrogens is 1110 g/mol. The summed E-state index contributed by atoms with van der Waals surface area (Å²) in [4.78, 5) is 24.6. The number of carbonyl (C=O) groups excluding carboxylic acids is 2. The van der Waals surface area contributed by atoms with Crippen LogP contribution in [0.2, 0.25) is 0 Å². The highest BCUT2D eigenvalue weighted by Gasteiger charge is 2.44. The second-order valence-corrected chi connectivity index (χ2v) is 22.2. The normalized spacial score (nSPS) is 23.9. The fourth-order valence-electron chi connectivity index (χ4n) is 9.05. The van der Waals surface area contributed by atoms with Crippen LogP contribution in [-0.4, -0.2) is 201 Å². The van der Waals surface area contributed by atoms with E-state index in [2.05, 4.69) is 4.74 Å². The summed E-state index contributed by atoms with van der Waals surface area (Å²) in [5.41, 5.74) is 5.44. The number of carbonyl (C=O) groups is 2. The predicted octanol–water partition coefficient (Wildman–Crippen LogP) is 3.91. The van der Waals surface area contributed by atoms with Crippen LogP contribution in [-0.2, 0) is 23.8 Å². The molecule has 20 heteroatoms. The van der Waals surface area contributed by atoms with E-state index < -0.39 is 134 Å². The molecule has 16 N–H and O–H groups in total. The van der Waals surface area contributed by atoms with Crippen LogP contribution in [0.5, 0.6) is 0 Å². The highest BCUT2D eigenvalue weighted by molar-refractivity contribution is 5.82. The number of hydrogen-bond acceptors (Lipinski definition) is 20. The van der Waals surface area contributed by atoms with Gasteiger partial charge in [0.1, 0.15) is 24.1 Å². The van der Waals surface area contributed by atoms with Crippen molar-refractivity contribution in [2.75, 3.05) is 13.7 Å². The molecule has 1 rings (SSSR count). The molecule has 1 fully saturated rings. The van der Waals surface area contributed by atoms with E-state index in [1.165, 1.54) is 38.3 Å². The van der Waals surface area contributed by atoms with Crippen molar-refractivity contribution in [3.63, 3.8) is 0 Å². The minimum Gasteiger partial charge on any atom is -0.466 e. The first-order chi connectivity index (χ1) is 40.9. The van der Waals surface area contributed by atoms with Crippen molar-refractivity contribution >= 4 is 11.8 Å². The minimum atomic E-state index is -1.64. The van der Waals surface area contributed by atoms with Gasteiger partial charge in [0.2, 0.25) is 0 Å². The smallest absolute Gasteiger partial charge is 0.330 e. The largest absolute Gasteiger partial charge is 0.466 e. The van der Waals surface area contributed by atoms with Crippen LogP contribution in [0, 0.1) is 17.8 Å². The molecule has 0 amide bonds. The first-order valence-electron chi connectivity index (χ1n) is 30.0. The van der Waals surface area contributed by atoms with Crippen LogP contribution in [0.25, 0.3) is 0 Å². The summed E-state index contributed by atoms with van der Waals surface area (Å²) in [5, 5.41) is 146. The summed E-state index contributed by atoms with van der Waals surface area (Å²) < 4.78 is 16.2. The molecule has 0 aliphatic carbocycles. The van der Waals surface area contributed by atoms with Crippen molar-refractivity contribution in [3.05, 3.63) is 146 Å². The van der Waals surface area contributed by atoms with Crippen molar-refractivity contribution in [2.45, 2.75) is 222 Å². The molecular formula is C66H105NO19. The quantitative estimate of drug-likeness (QED) is 0.0135. The van der Waals surface area contributed by atoms with Gasteiger partial charge in [-0.15, -0.1) is 0 Å². The van der Waals surface area contributed by atoms with E-state index in [1.807, 2.05) is 43.4 Å². The van der Waals surface area contributed by atoms with Crippen LogP contribution >= 0.6 is 0 Å². The Bertz CT molecular complexity index is 2190. The molecule has 0 aromatic heterocycles. The van der Waals surface area contributed by atoms with E-state index in [4.69, 9.17) is 15.2 Å². The third-order valence-corrected chi connectivity index (χ3v) is 14.4. The summed E-state index contributed by atoms with van der Waals surface area (Å²) >= 11 is 0. The fourth-order valence-corrected chi connectivity index (χ4v) is 9.05. The number of methoxy groups -OCH3 is 1. The van der Waals surface area contributed by atoms with Crippen molar-refractivity contribution in [1.82, 2.24) is 0 Å². The van der Waals surface area contributed by atoms with Crippen molar-refractivity contribution < 1.29 is 95.3 Å². The summed E-state index contributed by atoms with van der Waals surface area (Å²) in [6, 6.07) is 0. The number of esters is 1. The maximum absolute atomic E-state index is 13.6. The van der Waals surface area contributed by atoms with Gasteiger partial charge < -0.3 is 91.4 Å². The van der Waals surface area contributed by atoms with Crippen LogP contribution in [0.4, 0.5) is 0 Å². The second-order valence-electron chi connectivity index (χ2n) is 22.2. The van der Waals surface area contributed by atoms with Gasteiger partial charge in [0.15, 0.2) is 6.29 Å². The Labute approximate surface area is 509 Å². The van der Waals surface area contributed by atoms with E-state index >= 15 is 0 Å². The van der Waals surface area contributed by atoms with Gasteiger partial charge >= 0.3 is 5.97 Å². The number of unbranched alkanes of at least 4 members (excludes halogenated alkanes) is 1. The monoisotopic (exact) mass is 1220 g/mol. The predicted molar refractivity (Wildman–Crippen MR) is 331 cm³/mol. The molecule has 20 unspecified atom stereocenters. The Kier molecular flexibility index (Phi) is 43.7. The summed E-state index contributed by atoms with van der Waals surface area (Å²) in [6.07, 6.45) is 24.1. The molecule has 0 aromatic carbocycles. The maximum Gasteiger partial charge on any atom is 0.330 e. The number of ether oxygens (including phenoxy) is 3. The Hall–Kier alpha value is -4.66. The molecule has 0 radical (unpaired) electrons. The molecule has 0 bridgehead atoms. The number of aliphatic hydroxyl groups excluding tert-OH is 14. The lowest BCUT2D eigenvalue weighted by Gasteiger charge is -2.41. The summed E-state index contributed by atoms with van der Waals surface area (Å²) in [5.74, 6) is -2.36. The van der Waals surface area contributed by atoms with Crippen molar-refractivity contribution in [1.29, 1.82) is 0 Å². The lowest BCUT2D eigenvalue weighted by molar-refractivity contribution is -0.306. The number of Topliss-reactive ketones (excluding diaryl/α,β-unsaturated/α-hetero) is 1. The zero-order valence-corrected chi connectivity index (χ0v) is 50.9. The van der Waals surface area contributed by atoms with E-state index in [9.17, 15) is 81.1 Å².